The molecule has 0 saturated heterocycles. The van der Waals surface area contributed by atoms with Crippen LogP contribution in [0, 0.1) is 6.92 Å². The number of nitrogens with two attached hydrogens (primary N) is 1. The van der Waals surface area contributed by atoms with E-state index in [-0.39, 0.29) is 0 Å². The van der Waals surface area contributed by atoms with Crippen molar-refractivity contribution in [3.8, 4) is 10.4 Å². The maximum absolute atomic E-state index is 5.69. The second-order valence-electron chi connectivity index (χ2n) is 3.94. The molecule has 0 spiro atoms. The highest BCUT2D eigenvalue weighted by molar-refractivity contribution is 7.15. The van der Waals surface area contributed by atoms with Crippen LogP contribution in [0.1, 0.15) is 22.9 Å². The van der Waals surface area contributed by atoms with Crippen LogP contribution in [0.3, 0.4) is 0 Å². The highest BCUT2D eigenvalue weighted by Crippen LogP contribution is 2.34. The molecule has 0 fully saturated rings. The summed E-state index contributed by atoms with van der Waals surface area (Å²) in [5, 5.41) is 0. The van der Waals surface area contributed by atoms with Gasteiger partial charge in [0, 0.05) is 16.3 Å². The first-order chi connectivity index (χ1) is 7.76. The van der Waals surface area contributed by atoms with E-state index >= 15 is 0 Å². The summed E-state index contributed by atoms with van der Waals surface area (Å²) < 4.78 is 0. The van der Waals surface area contributed by atoms with Gasteiger partial charge in [-0.15, -0.1) is 11.3 Å². The van der Waals surface area contributed by atoms with Gasteiger partial charge in [-0.25, -0.2) is 0 Å². The van der Waals surface area contributed by atoms with Gasteiger partial charge in [0.05, 0.1) is 0 Å². The first kappa shape index (κ1) is 11.4. The molecule has 2 rings (SSSR count). The summed E-state index contributed by atoms with van der Waals surface area (Å²) in [6.45, 7) is 5.00. The van der Waals surface area contributed by atoms with Crippen LogP contribution in [0.4, 0.5) is 0 Å². The molecule has 1 heterocycles. The first-order valence-corrected chi connectivity index (χ1v) is 6.45. The first-order valence-electron chi connectivity index (χ1n) is 5.64. The third kappa shape index (κ3) is 2.04. The van der Waals surface area contributed by atoms with E-state index < -0.39 is 0 Å². The van der Waals surface area contributed by atoms with E-state index in [0.717, 1.165) is 6.42 Å². The Labute approximate surface area is 101 Å². The number of aryl methyl sites for hydroxylation is 2. The lowest BCUT2D eigenvalue weighted by Gasteiger charge is -2.06. The van der Waals surface area contributed by atoms with Crippen molar-refractivity contribution in [3.63, 3.8) is 0 Å². The molecule has 1 aromatic heterocycles. The molecule has 0 unspecified atom stereocenters. The molecule has 0 bridgehead atoms. The minimum Gasteiger partial charge on any atom is -0.326 e. The van der Waals surface area contributed by atoms with Crippen LogP contribution in [-0.4, -0.2) is 0 Å². The van der Waals surface area contributed by atoms with Crippen molar-refractivity contribution in [1.82, 2.24) is 0 Å². The van der Waals surface area contributed by atoms with E-state index in [9.17, 15) is 0 Å². The van der Waals surface area contributed by atoms with Gasteiger partial charge in [-0.3, -0.25) is 0 Å². The van der Waals surface area contributed by atoms with E-state index in [1.165, 1.54) is 26.4 Å². The Morgan fingerprint density at radius 1 is 1.25 bits per heavy atom. The molecule has 1 aromatic carbocycles. The molecule has 0 saturated carbocycles. The predicted octanol–water partition coefficient (Wildman–Crippen LogP) is 3.74. The highest BCUT2D eigenvalue weighted by atomic mass is 32.1. The van der Waals surface area contributed by atoms with Crippen molar-refractivity contribution in [2.24, 2.45) is 5.73 Å². The summed E-state index contributed by atoms with van der Waals surface area (Å²) in [5.74, 6) is 0. The third-order valence-corrected chi connectivity index (χ3v) is 4.11. The number of hydrogen-bond donors (Lipinski definition) is 1. The fourth-order valence-electron chi connectivity index (χ4n) is 1.97. The highest BCUT2D eigenvalue weighted by Gasteiger charge is 2.09. The summed E-state index contributed by atoms with van der Waals surface area (Å²) in [6.07, 6.45) is 1.07. The molecule has 0 radical (unpaired) electrons. The van der Waals surface area contributed by atoms with Gasteiger partial charge in [-0.1, -0.05) is 31.2 Å². The van der Waals surface area contributed by atoms with Gasteiger partial charge in [0.2, 0.25) is 0 Å². The van der Waals surface area contributed by atoms with E-state index in [4.69, 9.17) is 5.73 Å². The van der Waals surface area contributed by atoms with Crippen molar-refractivity contribution in [3.05, 3.63) is 46.3 Å². The molecule has 0 amide bonds. The van der Waals surface area contributed by atoms with Crippen LogP contribution in [-0.2, 0) is 13.0 Å². The van der Waals surface area contributed by atoms with Gasteiger partial charge in [0.1, 0.15) is 0 Å². The molecule has 0 atom stereocenters. The van der Waals surface area contributed by atoms with Crippen molar-refractivity contribution < 1.29 is 0 Å². The van der Waals surface area contributed by atoms with E-state index in [1.807, 2.05) is 11.3 Å². The van der Waals surface area contributed by atoms with Crippen LogP contribution in [0.2, 0.25) is 0 Å². The lowest BCUT2D eigenvalue weighted by Crippen LogP contribution is -1.91. The smallest absolute Gasteiger partial charge is 0.0378 e. The third-order valence-electron chi connectivity index (χ3n) is 2.81. The molecular formula is C14H17NS. The SMILES string of the molecule is CCc1ccccc1-c1sc(CN)cc1C. The molecule has 0 aliphatic carbocycles. The molecule has 2 aromatic rings. The summed E-state index contributed by atoms with van der Waals surface area (Å²) >= 11 is 1.82. The normalized spacial score (nSPS) is 10.7. The number of rotatable bonds is 3. The van der Waals surface area contributed by atoms with Crippen molar-refractivity contribution >= 4 is 11.3 Å². The Kier molecular flexibility index (Phi) is 3.42. The average molecular weight is 231 g/mol. The van der Waals surface area contributed by atoms with Crippen molar-refractivity contribution in [1.29, 1.82) is 0 Å². The summed E-state index contributed by atoms with van der Waals surface area (Å²) in [7, 11) is 0. The molecule has 2 heteroatoms. The maximum atomic E-state index is 5.69. The fraction of sp³-hybridized carbons (Fsp3) is 0.286. The molecule has 84 valence electrons. The molecular weight excluding hydrogens is 214 g/mol. The Hall–Kier alpha value is -1.12. The zero-order chi connectivity index (χ0) is 11.5. The van der Waals surface area contributed by atoms with Crippen LogP contribution in [0.15, 0.2) is 30.3 Å². The van der Waals surface area contributed by atoms with Crippen LogP contribution in [0.25, 0.3) is 10.4 Å². The minimum absolute atomic E-state index is 0.639. The second kappa shape index (κ2) is 4.81. The lowest BCUT2D eigenvalue weighted by molar-refractivity contribution is 1.10. The van der Waals surface area contributed by atoms with E-state index in [1.54, 1.807) is 0 Å². The Morgan fingerprint density at radius 3 is 2.62 bits per heavy atom. The Morgan fingerprint density at radius 2 is 2.00 bits per heavy atom. The zero-order valence-electron chi connectivity index (χ0n) is 9.79. The van der Waals surface area contributed by atoms with E-state index in [2.05, 4.69) is 44.2 Å². The number of benzene rings is 1. The summed E-state index contributed by atoms with van der Waals surface area (Å²) in [6, 6.07) is 10.8. The minimum atomic E-state index is 0.639. The zero-order valence-corrected chi connectivity index (χ0v) is 10.6. The molecule has 1 nitrogen and oxygen atoms in total. The molecule has 16 heavy (non-hydrogen) atoms. The van der Waals surface area contributed by atoms with Crippen LogP contribution < -0.4 is 5.73 Å². The number of hydrogen-bond acceptors (Lipinski definition) is 2. The second-order valence-corrected chi connectivity index (χ2v) is 5.08. The maximum Gasteiger partial charge on any atom is 0.0378 e. The standard InChI is InChI=1S/C14H17NS/c1-3-11-6-4-5-7-13(11)14-10(2)8-12(9-15)16-14/h4-8H,3,9,15H2,1-2H3. The Bertz CT molecular complexity index is 485. The van der Waals surface area contributed by atoms with Gasteiger partial charge in [0.25, 0.3) is 0 Å². The van der Waals surface area contributed by atoms with Crippen molar-refractivity contribution in [2.45, 2.75) is 26.8 Å². The van der Waals surface area contributed by atoms with E-state index in [0.29, 0.717) is 6.54 Å². The van der Waals surface area contributed by atoms with Gasteiger partial charge < -0.3 is 5.73 Å². The van der Waals surface area contributed by atoms with Gasteiger partial charge in [0.15, 0.2) is 0 Å². The Balaban J connectivity index is 2.53. The molecule has 0 aliphatic heterocycles. The number of thiophene rings is 1. The average Bonchev–Trinajstić information content (AvgIpc) is 2.70. The van der Waals surface area contributed by atoms with Crippen LogP contribution in [0.5, 0.6) is 0 Å². The van der Waals surface area contributed by atoms with Crippen molar-refractivity contribution in [2.75, 3.05) is 0 Å². The van der Waals surface area contributed by atoms with Crippen LogP contribution >= 0.6 is 11.3 Å². The predicted molar refractivity (Wildman–Crippen MR) is 71.8 cm³/mol. The lowest BCUT2D eigenvalue weighted by atomic mass is 10.0. The topological polar surface area (TPSA) is 26.0 Å². The van der Waals surface area contributed by atoms with Gasteiger partial charge in [-0.2, -0.15) is 0 Å². The monoisotopic (exact) mass is 231 g/mol. The fourth-order valence-corrected chi connectivity index (χ4v) is 3.08. The van der Waals surface area contributed by atoms with Gasteiger partial charge in [-0.05, 0) is 36.1 Å². The van der Waals surface area contributed by atoms with Gasteiger partial charge >= 0.3 is 0 Å². The summed E-state index contributed by atoms with van der Waals surface area (Å²) in [4.78, 5) is 2.64. The quantitative estimate of drug-likeness (QED) is 0.855. The summed E-state index contributed by atoms with van der Waals surface area (Å²) in [5.41, 5.74) is 9.81. The molecule has 2 N–H and O–H groups in total. The largest absolute Gasteiger partial charge is 0.326 e. The molecule has 0 aliphatic rings.